The van der Waals surface area contributed by atoms with Crippen molar-refractivity contribution in [3.63, 3.8) is 0 Å². The quantitative estimate of drug-likeness (QED) is 0.696. The van der Waals surface area contributed by atoms with Crippen molar-refractivity contribution < 1.29 is 9.84 Å². The molecular weight excluding hydrogens is 204 g/mol. The highest BCUT2D eigenvalue weighted by molar-refractivity contribution is 4.90. The largest absolute Gasteiger partial charge is 0.387 e. The van der Waals surface area contributed by atoms with Crippen LogP contribution in [0.5, 0.6) is 0 Å². The third-order valence-electron chi connectivity index (χ3n) is 3.43. The summed E-state index contributed by atoms with van der Waals surface area (Å²) in [5, 5.41) is 13.4. The van der Waals surface area contributed by atoms with Crippen molar-refractivity contribution in [2.24, 2.45) is 0 Å². The molecule has 0 aromatic heterocycles. The first-order valence-corrected chi connectivity index (χ1v) is 6.04. The Morgan fingerprint density at radius 1 is 1.50 bits per heavy atom. The predicted molar refractivity (Wildman–Crippen MR) is 65.6 cm³/mol. The SMILES string of the molecule is COC(C)(C)CCN(C)CC1(O)CCNC1. The van der Waals surface area contributed by atoms with Crippen LogP contribution >= 0.6 is 0 Å². The van der Waals surface area contributed by atoms with Gasteiger partial charge in [-0.05, 0) is 40.3 Å². The van der Waals surface area contributed by atoms with Crippen LogP contribution in [0.25, 0.3) is 0 Å². The van der Waals surface area contributed by atoms with Crippen molar-refractivity contribution in [1.29, 1.82) is 0 Å². The summed E-state index contributed by atoms with van der Waals surface area (Å²) in [6.45, 7) is 7.50. The summed E-state index contributed by atoms with van der Waals surface area (Å²) in [5.41, 5.74) is -0.614. The van der Waals surface area contributed by atoms with Gasteiger partial charge in [0, 0.05) is 26.7 Å². The molecule has 0 saturated carbocycles. The minimum absolute atomic E-state index is 0.0786. The molecule has 1 heterocycles. The molecule has 0 radical (unpaired) electrons. The second-order valence-corrected chi connectivity index (χ2v) is 5.60. The molecule has 4 heteroatoms. The van der Waals surface area contributed by atoms with Gasteiger partial charge >= 0.3 is 0 Å². The van der Waals surface area contributed by atoms with Crippen molar-refractivity contribution >= 4 is 0 Å². The molecule has 0 aliphatic carbocycles. The van der Waals surface area contributed by atoms with Crippen LogP contribution < -0.4 is 5.32 Å². The van der Waals surface area contributed by atoms with E-state index in [1.807, 2.05) is 0 Å². The van der Waals surface area contributed by atoms with Gasteiger partial charge in [-0.15, -0.1) is 0 Å². The first-order valence-electron chi connectivity index (χ1n) is 6.04. The Balaban J connectivity index is 2.27. The number of β-amino-alcohol motifs (C(OH)–C–C–N with tert-alkyl or cyclic N) is 1. The number of hydrogen-bond donors (Lipinski definition) is 2. The highest BCUT2D eigenvalue weighted by Crippen LogP contribution is 2.17. The number of hydrogen-bond acceptors (Lipinski definition) is 4. The van der Waals surface area contributed by atoms with Gasteiger partial charge in [-0.25, -0.2) is 0 Å². The zero-order valence-corrected chi connectivity index (χ0v) is 11.0. The predicted octanol–water partition coefficient (Wildman–Crippen LogP) is 0.458. The van der Waals surface area contributed by atoms with E-state index in [2.05, 4.69) is 31.1 Å². The second-order valence-electron chi connectivity index (χ2n) is 5.60. The summed E-state index contributed by atoms with van der Waals surface area (Å²) in [5.74, 6) is 0. The lowest BCUT2D eigenvalue weighted by molar-refractivity contribution is -0.00525. The number of methoxy groups -OCH3 is 1. The minimum Gasteiger partial charge on any atom is -0.387 e. The van der Waals surface area contributed by atoms with Gasteiger partial charge in [-0.3, -0.25) is 0 Å². The van der Waals surface area contributed by atoms with Gasteiger partial charge in [0.05, 0.1) is 11.2 Å². The third kappa shape index (κ3) is 4.37. The number of ether oxygens (including phenoxy) is 1. The number of nitrogens with one attached hydrogen (secondary N) is 1. The van der Waals surface area contributed by atoms with Crippen molar-refractivity contribution in [2.75, 3.05) is 40.3 Å². The molecule has 2 N–H and O–H groups in total. The number of aliphatic hydroxyl groups is 1. The Morgan fingerprint density at radius 2 is 2.19 bits per heavy atom. The lowest BCUT2D eigenvalue weighted by Gasteiger charge is -2.30. The van der Waals surface area contributed by atoms with Gasteiger partial charge in [0.25, 0.3) is 0 Å². The van der Waals surface area contributed by atoms with Crippen molar-refractivity contribution in [3.8, 4) is 0 Å². The van der Waals surface area contributed by atoms with E-state index >= 15 is 0 Å². The van der Waals surface area contributed by atoms with Crippen LogP contribution in [-0.2, 0) is 4.74 Å². The molecule has 0 aromatic carbocycles. The molecule has 1 saturated heterocycles. The zero-order valence-electron chi connectivity index (χ0n) is 11.0. The Bertz CT molecular complexity index is 213. The molecule has 16 heavy (non-hydrogen) atoms. The minimum atomic E-state index is -0.536. The van der Waals surface area contributed by atoms with E-state index in [1.165, 1.54) is 0 Å². The second kappa shape index (κ2) is 5.45. The normalized spacial score (nSPS) is 26.6. The molecule has 0 amide bonds. The van der Waals surface area contributed by atoms with Gasteiger partial charge in [0.15, 0.2) is 0 Å². The van der Waals surface area contributed by atoms with Crippen LogP contribution in [0.2, 0.25) is 0 Å². The molecule has 4 nitrogen and oxygen atoms in total. The monoisotopic (exact) mass is 230 g/mol. The van der Waals surface area contributed by atoms with Gasteiger partial charge in [-0.2, -0.15) is 0 Å². The lowest BCUT2D eigenvalue weighted by atomic mass is 10.0. The molecule has 0 spiro atoms. The van der Waals surface area contributed by atoms with Gasteiger partial charge in [0.1, 0.15) is 0 Å². The van der Waals surface area contributed by atoms with Crippen molar-refractivity contribution in [2.45, 2.75) is 37.9 Å². The molecule has 1 unspecified atom stereocenters. The van der Waals surface area contributed by atoms with E-state index in [9.17, 15) is 5.11 Å². The number of likely N-dealkylation sites (N-methyl/N-ethyl adjacent to an activating group) is 1. The summed E-state index contributed by atoms with van der Waals surface area (Å²) in [6.07, 6.45) is 1.83. The fourth-order valence-corrected chi connectivity index (χ4v) is 2.01. The molecule has 0 aromatic rings. The molecule has 1 rings (SSSR count). The Kier molecular flexibility index (Phi) is 4.73. The maximum absolute atomic E-state index is 10.2. The van der Waals surface area contributed by atoms with Gasteiger partial charge in [0.2, 0.25) is 0 Å². The molecule has 96 valence electrons. The summed E-state index contributed by atoms with van der Waals surface area (Å²) in [7, 11) is 3.80. The standard InChI is InChI=1S/C12H26N2O2/c1-11(2,16-4)6-8-14(3)10-12(15)5-7-13-9-12/h13,15H,5-10H2,1-4H3. The van der Waals surface area contributed by atoms with Crippen LogP contribution in [0, 0.1) is 0 Å². The zero-order chi connectivity index (χ0) is 12.2. The average molecular weight is 230 g/mol. The summed E-state index contributed by atoms with van der Waals surface area (Å²) < 4.78 is 5.38. The summed E-state index contributed by atoms with van der Waals surface area (Å²) in [6, 6.07) is 0. The van der Waals surface area contributed by atoms with Crippen molar-refractivity contribution in [3.05, 3.63) is 0 Å². The van der Waals surface area contributed by atoms with E-state index in [0.29, 0.717) is 6.54 Å². The number of nitrogens with zero attached hydrogens (tertiary/aromatic N) is 1. The first kappa shape index (κ1) is 13.9. The maximum Gasteiger partial charge on any atom is 0.0909 e. The molecule has 0 bridgehead atoms. The highest BCUT2D eigenvalue weighted by Gasteiger charge is 2.32. The van der Waals surface area contributed by atoms with E-state index in [1.54, 1.807) is 7.11 Å². The lowest BCUT2D eigenvalue weighted by Crippen LogP contribution is -2.44. The van der Waals surface area contributed by atoms with E-state index in [4.69, 9.17) is 4.74 Å². The van der Waals surface area contributed by atoms with Crippen LogP contribution in [0.4, 0.5) is 0 Å². The number of rotatable bonds is 6. The van der Waals surface area contributed by atoms with E-state index < -0.39 is 5.60 Å². The summed E-state index contributed by atoms with van der Waals surface area (Å²) in [4.78, 5) is 2.19. The van der Waals surface area contributed by atoms with Crippen LogP contribution in [-0.4, -0.2) is 61.5 Å². The van der Waals surface area contributed by atoms with Crippen molar-refractivity contribution in [1.82, 2.24) is 10.2 Å². The third-order valence-corrected chi connectivity index (χ3v) is 3.43. The molecule has 1 fully saturated rings. The van der Waals surface area contributed by atoms with Crippen LogP contribution in [0.15, 0.2) is 0 Å². The first-order chi connectivity index (χ1) is 7.37. The fraction of sp³-hybridized carbons (Fsp3) is 1.00. The Hall–Kier alpha value is -0.160. The summed E-state index contributed by atoms with van der Waals surface area (Å²) >= 11 is 0. The van der Waals surface area contributed by atoms with Gasteiger partial charge in [-0.1, -0.05) is 0 Å². The highest BCUT2D eigenvalue weighted by atomic mass is 16.5. The molecule has 1 aliphatic rings. The van der Waals surface area contributed by atoms with Crippen LogP contribution in [0.3, 0.4) is 0 Å². The average Bonchev–Trinajstić information content (AvgIpc) is 2.62. The fourth-order valence-electron chi connectivity index (χ4n) is 2.01. The Morgan fingerprint density at radius 3 is 2.69 bits per heavy atom. The van der Waals surface area contributed by atoms with E-state index in [0.717, 1.165) is 32.5 Å². The topological polar surface area (TPSA) is 44.7 Å². The Labute approximate surface area is 99.0 Å². The molecule has 1 aliphatic heterocycles. The molecule has 1 atom stereocenters. The van der Waals surface area contributed by atoms with Gasteiger partial charge < -0.3 is 20.1 Å². The molecular formula is C12H26N2O2. The maximum atomic E-state index is 10.2. The van der Waals surface area contributed by atoms with E-state index in [-0.39, 0.29) is 5.60 Å². The smallest absolute Gasteiger partial charge is 0.0909 e. The van der Waals surface area contributed by atoms with Crippen LogP contribution in [0.1, 0.15) is 26.7 Å².